The number of anilines is 1. The van der Waals surface area contributed by atoms with Crippen LogP contribution in [0.15, 0.2) is 82.5 Å². The van der Waals surface area contributed by atoms with Gasteiger partial charge >= 0.3 is 0 Å². The van der Waals surface area contributed by atoms with Gasteiger partial charge in [0.1, 0.15) is 11.4 Å². The minimum atomic E-state index is -3.86. The van der Waals surface area contributed by atoms with Gasteiger partial charge in [-0.25, -0.2) is 8.42 Å². The molecule has 0 spiro atoms. The van der Waals surface area contributed by atoms with E-state index in [4.69, 9.17) is 4.74 Å². The molecule has 1 fully saturated rings. The SMILES string of the molecule is O=C(COc1ccccc1)N1C[C@H]2C[C@H](C1)c1ccc(NS(=O)(=O)c3ccccc3)c(=O)n1C2. The zero-order chi connectivity index (χ0) is 23.7. The number of nitrogens with one attached hydrogen (secondary N) is 1. The van der Waals surface area contributed by atoms with E-state index in [-0.39, 0.29) is 40.5 Å². The molecule has 2 aromatic carbocycles. The number of benzene rings is 2. The fourth-order valence-corrected chi connectivity index (χ4v) is 5.86. The van der Waals surface area contributed by atoms with Gasteiger partial charge < -0.3 is 14.2 Å². The Labute approximate surface area is 197 Å². The molecule has 9 heteroatoms. The van der Waals surface area contributed by atoms with Gasteiger partial charge in [-0.05, 0) is 48.7 Å². The summed E-state index contributed by atoms with van der Waals surface area (Å²) in [5.41, 5.74) is 0.487. The molecule has 1 N–H and O–H groups in total. The maximum absolute atomic E-state index is 13.2. The van der Waals surface area contributed by atoms with Crippen LogP contribution in [0.1, 0.15) is 18.0 Å². The second-order valence-corrected chi connectivity index (χ2v) is 10.4. The van der Waals surface area contributed by atoms with E-state index in [0.29, 0.717) is 25.4 Å². The van der Waals surface area contributed by atoms with Crippen LogP contribution in [0, 0.1) is 5.92 Å². The third-order valence-electron chi connectivity index (χ3n) is 6.36. The number of rotatable bonds is 6. The van der Waals surface area contributed by atoms with Crippen molar-refractivity contribution in [3.63, 3.8) is 0 Å². The first-order valence-electron chi connectivity index (χ1n) is 11.2. The number of carbonyl (C=O) groups is 1. The van der Waals surface area contributed by atoms with Crippen molar-refractivity contribution in [3.05, 3.63) is 88.8 Å². The first kappa shape index (κ1) is 22.2. The lowest BCUT2D eigenvalue weighted by atomic mass is 9.83. The number of pyridine rings is 1. The third-order valence-corrected chi connectivity index (χ3v) is 7.74. The van der Waals surface area contributed by atoms with Gasteiger partial charge in [0.25, 0.3) is 21.5 Å². The zero-order valence-electron chi connectivity index (χ0n) is 18.5. The maximum atomic E-state index is 13.2. The summed E-state index contributed by atoms with van der Waals surface area (Å²) in [4.78, 5) is 27.9. The minimum Gasteiger partial charge on any atom is -0.484 e. The highest BCUT2D eigenvalue weighted by Gasteiger charge is 2.37. The molecule has 2 aliphatic heterocycles. The molecule has 176 valence electrons. The van der Waals surface area contributed by atoms with E-state index in [1.165, 1.54) is 18.2 Å². The molecule has 0 saturated carbocycles. The molecule has 0 aliphatic carbocycles. The first-order valence-corrected chi connectivity index (χ1v) is 12.7. The van der Waals surface area contributed by atoms with Crippen molar-refractivity contribution in [2.45, 2.75) is 23.8 Å². The summed E-state index contributed by atoms with van der Waals surface area (Å²) < 4.78 is 35.1. The maximum Gasteiger partial charge on any atom is 0.275 e. The standard InChI is InChI=1S/C25H25N3O5S/c29-24(17-33-20-7-3-1-4-8-20)27-14-18-13-19(16-27)23-12-11-22(25(30)28(23)15-18)26-34(31,32)21-9-5-2-6-10-21/h1-12,18-19,26H,13-17H2/t18-,19-/m1/s1. The Morgan fingerprint density at radius 3 is 2.38 bits per heavy atom. The second-order valence-electron chi connectivity index (χ2n) is 8.71. The minimum absolute atomic E-state index is 0.0145. The largest absolute Gasteiger partial charge is 0.484 e. The van der Waals surface area contributed by atoms with Crippen LogP contribution in [-0.4, -0.2) is 43.5 Å². The van der Waals surface area contributed by atoms with Gasteiger partial charge in [-0.15, -0.1) is 0 Å². The van der Waals surface area contributed by atoms with Crippen molar-refractivity contribution >= 4 is 21.6 Å². The summed E-state index contributed by atoms with van der Waals surface area (Å²) in [6.07, 6.45) is 0.887. The molecule has 2 bridgehead atoms. The highest BCUT2D eigenvalue weighted by Crippen LogP contribution is 2.35. The van der Waals surface area contributed by atoms with Gasteiger partial charge in [-0.1, -0.05) is 36.4 Å². The fourth-order valence-electron chi connectivity index (χ4n) is 4.78. The molecule has 2 aliphatic rings. The number of aromatic nitrogens is 1. The molecule has 3 heterocycles. The molecule has 1 aromatic heterocycles. The molecule has 0 unspecified atom stereocenters. The van der Waals surface area contributed by atoms with Crippen molar-refractivity contribution in [2.75, 3.05) is 24.4 Å². The normalized spacial score (nSPS) is 19.2. The van der Waals surface area contributed by atoms with Crippen molar-refractivity contribution in [2.24, 2.45) is 5.92 Å². The van der Waals surface area contributed by atoms with Gasteiger partial charge in [0.2, 0.25) is 0 Å². The molecular formula is C25H25N3O5S. The molecule has 1 saturated heterocycles. The van der Waals surface area contributed by atoms with E-state index < -0.39 is 10.0 Å². The van der Waals surface area contributed by atoms with Crippen LogP contribution in [0.5, 0.6) is 5.75 Å². The number of hydrogen-bond donors (Lipinski definition) is 1. The van der Waals surface area contributed by atoms with Crippen LogP contribution in [0.2, 0.25) is 0 Å². The van der Waals surface area contributed by atoms with Crippen LogP contribution in [0.4, 0.5) is 5.69 Å². The summed E-state index contributed by atoms with van der Waals surface area (Å²) in [5.74, 6) is 0.697. The number of para-hydroxylation sites is 1. The fraction of sp³-hybridized carbons (Fsp3) is 0.280. The van der Waals surface area contributed by atoms with Gasteiger partial charge in [-0.2, -0.15) is 0 Å². The molecule has 34 heavy (non-hydrogen) atoms. The summed E-state index contributed by atoms with van der Waals surface area (Å²) in [6.45, 7) is 1.45. The lowest BCUT2D eigenvalue weighted by molar-refractivity contribution is -0.136. The average molecular weight is 480 g/mol. The van der Waals surface area contributed by atoms with Crippen LogP contribution in [0.25, 0.3) is 0 Å². The lowest BCUT2D eigenvalue weighted by Gasteiger charge is -2.42. The van der Waals surface area contributed by atoms with E-state index in [0.717, 1.165) is 12.1 Å². The number of amides is 1. The number of sulfonamides is 1. The Bertz CT molecular complexity index is 1360. The van der Waals surface area contributed by atoms with Gasteiger partial charge in [0.15, 0.2) is 6.61 Å². The molecule has 5 rings (SSSR count). The molecule has 2 atom stereocenters. The molecule has 3 aromatic rings. The van der Waals surface area contributed by atoms with Crippen LogP contribution >= 0.6 is 0 Å². The highest BCUT2D eigenvalue weighted by molar-refractivity contribution is 7.92. The van der Waals surface area contributed by atoms with Crippen molar-refractivity contribution in [1.29, 1.82) is 0 Å². The van der Waals surface area contributed by atoms with Crippen LogP contribution in [0.3, 0.4) is 0 Å². The number of piperidine rings is 1. The predicted molar refractivity (Wildman–Crippen MR) is 127 cm³/mol. The van der Waals surface area contributed by atoms with Crippen LogP contribution in [-0.2, 0) is 21.4 Å². The Balaban J connectivity index is 1.32. The van der Waals surface area contributed by atoms with E-state index >= 15 is 0 Å². The molecule has 0 radical (unpaired) electrons. The Morgan fingerprint density at radius 2 is 1.65 bits per heavy atom. The predicted octanol–water partition coefficient (Wildman–Crippen LogP) is 2.67. The van der Waals surface area contributed by atoms with Crippen molar-refractivity contribution in [3.8, 4) is 5.75 Å². The Morgan fingerprint density at radius 1 is 0.941 bits per heavy atom. The van der Waals surface area contributed by atoms with E-state index in [1.54, 1.807) is 28.8 Å². The van der Waals surface area contributed by atoms with Gasteiger partial charge in [0, 0.05) is 31.2 Å². The molecular weight excluding hydrogens is 454 g/mol. The van der Waals surface area contributed by atoms with E-state index in [2.05, 4.69) is 4.72 Å². The van der Waals surface area contributed by atoms with Gasteiger partial charge in [0.05, 0.1) is 4.90 Å². The van der Waals surface area contributed by atoms with E-state index in [1.807, 2.05) is 35.2 Å². The summed E-state index contributed by atoms with van der Waals surface area (Å²) in [5, 5.41) is 0. The number of carbonyl (C=O) groups excluding carboxylic acids is 1. The van der Waals surface area contributed by atoms with Gasteiger partial charge in [-0.3, -0.25) is 14.3 Å². The number of nitrogens with zero attached hydrogens (tertiary/aromatic N) is 2. The topological polar surface area (TPSA) is 97.7 Å². The molecule has 1 amide bonds. The van der Waals surface area contributed by atoms with E-state index in [9.17, 15) is 18.0 Å². The number of ether oxygens (including phenoxy) is 1. The van der Waals surface area contributed by atoms with Crippen LogP contribution < -0.4 is 15.0 Å². The molecule has 8 nitrogen and oxygen atoms in total. The number of fused-ring (bicyclic) bond motifs is 4. The summed E-state index contributed by atoms with van der Waals surface area (Å²) in [7, 11) is -3.86. The lowest BCUT2D eigenvalue weighted by Crippen LogP contribution is -2.50. The quantitative estimate of drug-likeness (QED) is 0.586. The first-order chi connectivity index (χ1) is 16.4. The smallest absolute Gasteiger partial charge is 0.275 e. The highest BCUT2D eigenvalue weighted by atomic mass is 32.2. The second kappa shape index (κ2) is 8.98. The third kappa shape index (κ3) is 4.43. The monoisotopic (exact) mass is 479 g/mol. The number of likely N-dealkylation sites (tertiary alicyclic amines) is 1. The number of hydrogen-bond acceptors (Lipinski definition) is 5. The zero-order valence-corrected chi connectivity index (χ0v) is 19.3. The average Bonchev–Trinajstić information content (AvgIpc) is 2.85. The van der Waals surface area contributed by atoms with Crippen molar-refractivity contribution in [1.82, 2.24) is 9.47 Å². The Hall–Kier alpha value is -3.59. The summed E-state index contributed by atoms with van der Waals surface area (Å²) >= 11 is 0. The van der Waals surface area contributed by atoms with Crippen molar-refractivity contribution < 1.29 is 17.9 Å². The Kier molecular flexibility index (Phi) is 5.87. The summed E-state index contributed by atoms with van der Waals surface area (Å²) in [6, 6.07) is 20.5.